The molecule has 0 aromatic carbocycles. The zero-order chi connectivity index (χ0) is 15.5. The van der Waals surface area contributed by atoms with Crippen LogP contribution in [0.25, 0.3) is 0 Å². The Kier molecular flexibility index (Phi) is 4.11. The van der Waals surface area contributed by atoms with Crippen LogP contribution in [0.3, 0.4) is 0 Å². The maximum absolute atomic E-state index is 12.5. The zero-order valence-corrected chi connectivity index (χ0v) is 12.7. The highest BCUT2D eigenvalue weighted by Gasteiger charge is 2.27. The van der Waals surface area contributed by atoms with Gasteiger partial charge in [-0.15, -0.1) is 0 Å². The molecular weight excluding hydrogens is 280 g/mol. The Hall–Kier alpha value is -2.34. The minimum absolute atomic E-state index is 0.0691. The van der Waals surface area contributed by atoms with Crippen LogP contribution in [-0.4, -0.2) is 45.5 Å². The topological polar surface area (TPSA) is 68.2 Å². The number of pyridine rings is 1. The second-order valence-electron chi connectivity index (χ2n) is 5.39. The van der Waals surface area contributed by atoms with Gasteiger partial charge >= 0.3 is 0 Å². The second kappa shape index (κ2) is 6.19. The number of ether oxygens (including phenoxy) is 1. The Bertz CT molecular complexity index is 655. The Morgan fingerprint density at radius 1 is 1.18 bits per heavy atom. The number of morpholine rings is 1. The van der Waals surface area contributed by atoms with Crippen LogP contribution < -0.4 is 0 Å². The first-order valence-electron chi connectivity index (χ1n) is 7.25. The molecule has 1 saturated heterocycles. The summed E-state index contributed by atoms with van der Waals surface area (Å²) in [6, 6.07) is 3.95. The van der Waals surface area contributed by atoms with Crippen molar-refractivity contribution >= 4 is 5.91 Å². The molecule has 3 heterocycles. The van der Waals surface area contributed by atoms with E-state index in [0.29, 0.717) is 31.1 Å². The van der Waals surface area contributed by atoms with Crippen LogP contribution in [0, 0.1) is 13.8 Å². The van der Waals surface area contributed by atoms with E-state index in [1.54, 1.807) is 24.2 Å². The molecule has 0 spiro atoms. The van der Waals surface area contributed by atoms with Gasteiger partial charge in [0.2, 0.25) is 0 Å². The molecule has 6 nitrogen and oxygen atoms in total. The van der Waals surface area contributed by atoms with Gasteiger partial charge in [0.05, 0.1) is 24.4 Å². The Morgan fingerprint density at radius 3 is 2.64 bits per heavy atom. The Morgan fingerprint density at radius 2 is 1.95 bits per heavy atom. The summed E-state index contributed by atoms with van der Waals surface area (Å²) in [5.74, 6) is 0.584. The fourth-order valence-corrected chi connectivity index (χ4v) is 2.37. The largest absolute Gasteiger partial charge is 0.368 e. The predicted octanol–water partition coefficient (Wildman–Crippen LogP) is 1.70. The number of aromatic nitrogens is 3. The quantitative estimate of drug-likeness (QED) is 0.844. The highest BCUT2D eigenvalue weighted by molar-refractivity contribution is 5.93. The maximum Gasteiger partial charge on any atom is 0.257 e. The third kappa shape index (κ3) is 3.12. The molecule has 114 valence electrons. The second-order valence-corrected chi connectivity index (χ2v) is 5.39. The molecule has 1 fully saturated rings. The van der Waals surface area contributed by atoms with Crippen LogP contribution in [-0.2, 0) is 4.74 Å². The monoisotopic (exact) mass is 298 g/mol. The first-order chi connectivity index (χ1) is 10.6. The van der Waals surface area contributed by atoms with Gasteiger partial charge in [0, 0.05) is 25.1 Å². The molecule has 1 aliphatic rings. The van der Waals surface area contributed by atoms with Gasteiger partial charge in [-0.3, -0.25) is 9.78 Å². The van der Waals surface area contributed by atoms with Crippen molar-refractivity contribution in [2.24, 2.45) is 0 Å². The number of carbonyl (C=O) groups excluding carboxylic acids is 1. The number of hydrogen-bond acceptors (Lipinski definition) is 5. The van der Waals surface area contributed by atoms with Crippen LogP contribution in [0.5, 0.6) is 0 Å². The zero-order valence-electron chi connectivity index (χ0n) is 12.7. The summed E-state index contributed by atoms with van der Waals surface area (Å²) in [6.07, 6.45) is 4.76. The summed E-state index contributed by atoms with van der Waals surface area (Å²) in [7, 11) is 0. The lowest BCUT2D eigenvalue weighted by molar-refractivity contribution is -0.0247. The molecule has 0 saturated carbocycles. The summed E-state index contributed by atoms with van der Waals surface area (Å²) in [5, 5.41) is 0. The SMILES string of the molecule is Cc1ccc([C@H]2CN(C(=O)c3cnc(C)nc3)CCO2)nc1. The third-order valence-corrected chi connectivity index (χ3v) is 3.65. The number of aryl methyl sites for hydroxylation is 2. The molecular formula is C16H18N4O2. The molecule has 1 amide bonds. The standard InChI is InChI=1S/C16H18N4O2/c1-11-3-4-14(19-7-11)15-10-20(5-6-22-15)16(21)13-8-17-12(2)18-9-13/h3-4,7-9,15H,5-6,10H2,1-2H3/t15-/m1/s1. The van der Waals surface area contributed by atoms with Crippen molar-refractivity contribution in [2.45, 2.75) is 20.0 Å². The summed E-state index contributed by atoms with van der Waals surface area (Å²) >= 11 is 0. The first kappa shape index (κ1) is 14.6. The molecule has 6 heteroatoms. The van der Waals surface area contributed by atoms with E-state index in [1.165, 1.54) is 0 Å². The van der Waals surface area contributed by atoms with Crippen LogP contribution in [0.4, 0.5) is 0 Å². The summed E-state index contributed by atoms with van der Waals surface area (Å²) in [4.78, 5) is 26.8. The molecule has 1 atom stereocenters. The van der Waals surface area contributed by atoms with Crippen LogP contribution >= 0.6 is 0 Å². The minimum atomic E-state index is -0.190. The number of rotatable bonds is 2. The van der Waals surface area contributed by atoms with E-state index in [2.05, 4.69) is 15.0 Å². The van der Waals surface area contributed by atoms with E-state index in [-0.39, 0.29) is 12.0 Å². The molecule has 1 aliphatic heterocycles. The molecule has 0 aliphatic carbocycles. The average Bonchev–Trinajstić information content (AvgIpc) is 2.56. The Labute approximate surface area is 129 Å². The summed E-state index contributed by atoms with van der Waals surface area (Å²) in [5.41, 5.74) is 2.45. The van der Waals surface area contributed by atoms with Gasteiger partial charge in [-0.25, -0.2) is 9.97 Å². The highest BCUT2D eigenvalue weighted by atomic mass is 16.5. The van der Waals surface area contributed by atoms with Crippen molar-refractivity contribution < 1.29 is 9.53 Å². The molecule has 0 radical (unpaired) electrons. The van der Waals surface area contributed by atoms with E-state index in [1.807, 2.05) is 25.3 Å². The van der Waals surface area contributed by atoms with Crippen LogP contribution in [0.15, 0.2) is 30.7 Å². The number of amides is 1. The van der Waals surface area contributed by atoms with Gasteiger partial charge in [0.1, 0.15) is 11.9 Å². The lowest BCUT2D eigenvalue weighted by Gasteiger charge is -2.32. The van der Waals surface area contributed by atoms with Crippen molar-refractivity contribution in [3.05, 3.63) is 53.4 Å². The number of nitrogens with zero attached hydrogens (tertiary/aromatic N) is 4. The van der Waals surface area contributed by atoms with Crippen molar-refractivity contribution in [2.75, 3.05) is 19.7 Å². The molecule has 0 N–H and O–H groups in total. The van der Waals surface area contributed by atoms with Gasteiger partial charge in [-0.05, 0) is 25.5 Å². The lowest BCUT2D eigenvalue weighted by atomic mass is 10.1. The van der Waals surface area contributed by atoms with E-state index < -0.39 is 0 Å². The van der Waals surface area contributed by atoms with Crippen molar-refractivity contribution in [3.63, 3.8) is 0 Å². The smallest absolute Gasteiger partial charge is 0.257 e. The van der Waals surface area contributed by atoms with Crippen molar-refractivity contribution in [1.82, 2.24) is 19.9 Å². The minimum Gasteiger partial charge on any atom is -0.368 e. The molecule has 22 heavy (non-hydrogen) atoms. The summed E-state index contributed by atoms with van der Waals surface area (Å²) < 4.78 is 5.75. The normalized spacial score (nSPS) is 18.3. The highest BCUT2D eigenvalue weighted by Crippen LogP contribution is 2.21. The molecule has 3 rings (SSSR count). The van der Waals surface area contributed by atoms with Crippen LogP contribution in [0.1, 0.15) is 33.5 Å². The molecule has 2 aromatic rings. The first-order valence-corrected chi connectivity index (χ1v) is 7.25. The number of carbonyl (C=O) groups is 1. The van der Waals surface area contributed by atoms with Crippen molar-refractivity contribution in [1.29, 1.82) is 0 Å². The van der Waals surface area contributed by atoms with E-state index in [0.717, 1.165) is 11.3 Å². The van der Waals surface area contributed by atoms with E-state index in [4.69, 9.17) is 4.74 Å². The summed E-state index contributed by atoms with van der Waals surface area (Å²) in [6.45, 7) is 5.34. The fraction of sp³-hybridized carbons (Fsp3) is 0.375. The van der Waals surface area contributed by atoms with E-state index in [9.17, 15) is 4.79 Å². The van der Waals surface area contributed by atoms with E-state index >= 15 is 0 Å². The van der Waals surface area contributed by atoms with Gasteiger partial charge in [0.25, 0.3) is 5.91 Å². The fourth-order valence-electron chi connectivity index (χ4n) is 2.37. The Balaban J connectivity index is 1.73. The molecule has 0 bridgehead atoms. The molecule has 0 unspecified atom stereocenters. The molecule has 2 aromatic heterocycles. The van der Waals surface area contributed by atoms with Gasteiger partial charge in [-0.2, -0.15) is 0 Å². The predicted molar refractivity (Wildman–Crippen MR) is 80.3 cm³/mol. The third-order valence-electron chi connectivity index (χ3n) is 3.65. The average molecular weight is 298 g/mol. The lowest BCUT2D eigenvalue weighted by Crippen LogP contribution is -2.42. The van der Waals surface area contributed by atoms with Crippen molar-refractivity contribution in [3.8, 4) is 0 Å². The van der Waals surface area contributed by atoms with Gasteiger partial charge < -0.3 is 9.64 Å². The number of hydrogen-bond donors (Lipinski definition) is 0. The van der Waals surface area contributed by atoms with Crippen LogP contribution in [0.2, 0.25) is 0 Å². The van der Waals surface area contributed by atoms with Gasteiger partial charge in [0.15, 0.2) is 0 Å². The van der Waals surface area contributed by atoms with Gasteiger partial charge in [-0.1, -0.05) is 6.07 Å². The maximum atomic E-state index is 12.5.